The molecule has 0 atom stereocenters. The highest BCUT2D eigenvalue weighted by Gasteiger charge is 2.23. The number of para-hydroxylation sites is 1. The van der Waals surface area contributed by atoms with Gasteiger partial charge in [-0.15, -0.1) is 0 Å². The van der Waals surface area contributed by atoms with Crippen molar-refractivity contribution in [3.63, 3.8) is 0 Å². The molecule has 2 fully saturated rings. The smallest absolute Gasteiger partial charge is 0.227 e. The van der Waals surface area contributed by atoms with Gasteiger partial charge in [-0.05, 0) is 31.0 Å². The van der Waals surface area contributed by atoms with Crippen molar-refractivity contribution in [2.24, 2.45) is 0 Å². The minimum absolute atomic E-state index is 0.159. The maximum absolute atomic E-state index is 13.9. The van der Waals surface area contributed by atoms with Crippen LogP contribution in [0.15, 0.2) is 36.5 Å². The van der Waals surface area contributed by atoms with Crippen LogP contribution in [0, 0.1) is 5.82 Å². The monoisotopic (exact) mass is 313 g/mol. The van der Waals surface area contributed by atoms with E-state index < -0.39 is 0 Å². The molecule has 0 bridgehead atoms. The SMILES string of the molecule is Fc1ccccc1N1CCN(c2nccc(NC3CC3)n2)CC1. The fraction of sp³-hybridized carbons (Fsp3) is 0.412. The first-order valence-electron chi connectivity index (χ1n) is 8.13. The van der Waals surface area contributed by atoms with Gasteiger partial charge in [-0.25, -0.2) is 9.37 Å². The molecule has 1 aromatic heterocycles. The molecule has 1 saturated heterocycles. The summed E-state index contributed by atoms with van der Waals surface area (Å²) in [5.41, 5.74) is 0.678. The second-order valence-corrected chi connectivity index (χ2v) is 6.09. The predicted octanol–water partition coefficient (Wildman–Crippen LogP) is 2.52. The van der Waals surface area contributed by atoms with Crippen molar-refractivity contribution >= 4 is 17.5 Å². The van der Waals surface area contributed by atoms with Crippen molar-refractivity contribution in [2.75, 3.05) is 41.3 Å². The van der Waals surface area contributed by atoms with Gasteiger partial charge in [0.05, 0.1) is 5.69 Å². The molecule has 120 valence electrons. The van der Waals surface area contributed by atoms with E-state index in [-0.39, 0.29) is 5.82 Å². The molecule has 2 heterocycles. The Kier molecular flexibility index (Phi) is 3.73. The van der Waals surface area contributed by atoms with E-state index in [2.05, 4.69) is 25.1 Å². The third kappa shape index (κ3) is 3.21. The lowest BCUT2D eigenvalue weighted by molar-refractivity contribution is 0.594. The lowest BCUT2D eigenvalue weighted by Gasteiger charge is -2.36. The van der Waals surface area contributed by atoms with Gasteiger partial charge in [-0.1, -0.05) is 12.1 Å². The van der Waals surface area contributed by atoms with Gasteiger partial charge in [0.25, 0.3) is 0 Å². The fourth-order valence-corrected chi connectivity index (χ4v) is 2.87. The molecule has 1 aliphatic carbocycles. The van der Waals surface area contributed by atoms with Crippen molar-refractivity contribution in [2.45, 2.75) is 18.9 Å². The summed E-state index contributed by atoms with van der Waals surface area (Å²) in [5, 5.41) is 3.40. The maximum atomic E-state index is 13.9. The number of rotatable bonds is 4. The van der Waals surface area contributed by atoms with E-state index in [4.69, 9.17) is 0 Å². The van der Waals surface area contributed by atoms with Crippen LogP contribution in [0.3, 0.4) is 0 Å². The minimum Gasteiger partial charge on any atom is -0.367 e. The molecule has 1 saturated carbocycles. The normalized spacial score (nSPS) is 18.1. The lowest BCUT2D eigenvalue weighted by atomic mass is 10.2. The zero-order valence-electron chi connectivity index (χ0n) is 13.0. The minimum atomic E-state index is -0.159. The lowest BCUT2D eigenvalue weighted by Crippen LogP contribution is -2.47. The molecule has 0 unspecified atom stereocenters. The van der Waals surface area contributed by atoms with Crippen LogP contribution in [0.1, 0.15) is 12.8 Å². The van der Waals surface area contributed by atoms with Crippen molar-refractivity contribution in [1.82, 2.24) is 9.97 Å². The molecule has 0 amide bonds. The Balaban J connectivity index is 1.42. The predicted molar refractivity (Wildman–Crippen MR) is 89.5 cm³/mol. The first kappa shape index (κ1) is 14.2. The zero-order valence-corrected chi connectivity index (χ0v) is 13.0. The Morgan fingerprint density at radius 1 is 1.00 bits per heavy atom. The number of halogens is 1. The molecule has 2 aromatic rings. The Morgan fingerprint density at radius 3 is 2.48 bits per heavy atom. The molecule has 0 spiro atoms. The molecule has 1 aliphatic heterocycles. The molecule has 1 aromatic carbocycles. The number of benzene rings is 1. The van der Waals surface area contributed by atoms with Gasteiger partial charge in [-0.2, -0.15) is 4.98 Å². The van der Waals surface area contributed by atoms with Gasteiger partial charge >= 0.3 is 0 Å². The van der Waals surface area contributed by atoms with Gasteiger partial charge in [-0.3, -0.25) is 0 Å². The van der Waals surface area contributed by atoms with Gasteiger partial charge in [0.2, 0.25) is 5.95 Å². The van der Waals surface area contributed by atoms with Crippen LogP contribution in [0.4, 0.5) is 21.8 Å². The number of nitrogens with one attached hydrogen (secondary N) is 1. The van der Waals surface area contributed by atoms with Crippen LogP contribution in [-0.2, 0) is 0 Å². The van der Waals surface area contributed by atoms with Gasteiger partial charge < -0.3 is 15.1 Å². The first-order valence-corrected chi connectivity index (χ1v) is 8.13. The van der Waals surface area contributed by atoms with Crippen LogP contribution >= 0.6 is 0 Å². The third-order valence-electron chi connectivity index (χ3n) is 4.33. The van der Waals surface area contributed by atoms with Crippen molar-refractivity contribution < 1.29 is 4.39 Å². The Labute approximate surface area is 135 Å². The highest BCUT2D eigenvalue weighted by atomic mass is 19.1. The number of hydrogen-bond acceptors (Lipinski definition) is 5. The maximum Gasteiger partial charge on any atom is 0.227 e. The molecular formula is C17H20FN5. The molecule has 6 heteroatoms. The quantitative estimate of drug-likeness (QED) is 0.939. The molecule has 2 aliphatic rings. The number of aromatic nitrogens is 2. The largest absolute Gasteiger partial charge is 0.367 e. The van der Waals surface area contributed by atoms with Crippen LogP contribution in [0.2, 0.25) is 0 Å². The molecule has 1 N–H and O–H groups in total. The topological polar surface area (TPSA) is 44.3 Å². The van der Waals surface area contributed by atoms with Gasteiger partial charge in [0, 0.05) is 38.4 Å². The number of hydrogen-bond donors (Lipinski definition) is 1. The third-order valence-corrected chi connectivity index (χ3v) is 4.33. The molecule has 4 rings (SSSR count). The number of piperazine rings is 1. The van der Waals surface area contributed by atoms with E-state index in [9.17, 15) is 4.39 Å². The summed E-state index contributed by atoms with van der Waals surface area (Å²) in [4.78, 5) is 13.2. The van der Waals surface area contributed by atoms with Crippen LogP contribution in [0.25, 0.3) is 0 Å². The van der Waals surface area contributed by atoms with Crippen molar-refractivity contribution in [1.29, 1.82) is 0 Å². The summed E-state index contributed by atoms with van der Waals surface area (Å²) in [6, 6.07) is 9.44. The second-order valence-electron chi connectivity index (χ2n) is 6.09. The molecule has 23 heavy (non-hydrogen) atoms. The van der Waals surface area contributed by atoms with Gasteiger partial charge in [0.1, 0.15) is 11.6 Å². The second kappa shape index (κ2) is 6.02. The Morgan fingerprint density at radius 2 is 1.74 bits per heavy atom. The highest BCUT2D eigenvalue weighted by Crippen LogP contribution is 2.25. The summed E-state index contributed by atoms with van der Waals surface area (Å²) in [5.74, 6) is 1.49. The van der Waals surface area contributed by atoms with E-state index in [1.54, 1.807) is 12.3 Å². The summed E-state index contributed by atoms with van der Waals surface area (Å²) in [6.45, 7) is 3.12. The number of nitrogens with zero attached hydrogens (tertiary/aromatic N) is 4. The summed E-state index contributed by atoms with van der Waals surface area (Å²) < 4.78 is 13.9. The average molecular weight is 313 g/mol. The van der Waals surface area contributed by atoms with Crippen LogP contribution in [0.5, 0.6) is 0 Å². The van der Waals surface area contributed by atoms with Gasteiger partial charge in [0.15, 0.2) is 0 Å². The van der Waals surface area contributed by atoms with E-state index >= 15 is 0 Å². The fourth-order valence-electron chi connectivity index (χ4n) is 2.87. The van der Waals surface area contributed by atoms with E-state index in [1.807, 2.05) is 18.2 Å². The average Bonchev–Trinajstić information content (AvgIpc) is 3.40. The molecule has 5 nitrogen and oxygen atoms in total. The first-order chi connectivity index (χ1) is 11.3. The highest BCUT2D eigenvalue weighted by molar-refractivity contribution is 5.50. The van der Waals surface area contributed by atoms with Crippen molar-refractivity contribution in [3.8, 4) is 0 Å². The summed E-state index contributed by atoms with van der Waals surface area (Å²) in [6.07, 6.45) is 4.25. The van der Waals surface area contributed by atoms with E-state index in [0.29, 0.717) is 11.7 Å². The van der Waals surface area contributed by atoms with E-state index in [0.717, 1.165) is 37.9 Å². The standard InChI is InChI=1S/C17H20FN5/c18-14-3-1-2-4-15(14)22-9-11-23(12-10-22)17-19-8-7-16(21-17)20-13-5-6-13/h1-4,7-8,13H,5-6,9-12H2,(H,19,20,21). The summed E-state index contributed by atoms with van der Waals surface area (Å²) >= 11 is 0. The molecule has 0 radical (unpaired) electrons. The summed E-state index contributed by atoms with van der Waals surface area (Å²) in [7, 11) is 0. The van der Waals surface area contributed by atoms with Crippen molar-refractivity contribution in [3.05, 3.63) is 42.3 Å². The Bertz CT molecular complexity index is 680. The van der Waals surface area contributed by atoms with E-state index in [1.165, 1.54) is 18.9 Å². The number of anilines is 3. The Hall–Kier alpha value is -2.37. The van der Waals surface area contributed by atoms with Crippen LogP contribution < -0.4 is 15.1 Å². The molecular weight excluding hydrogens is 293 g/mol. The zero-order chi connectivity index (χ0) is 15.6. The van der Waals surface area contributed by atoms with Crippen LogP contribution in [-0.4, -0.2) is 42.2 Å².